The van der Waals surface area contributed by atoms with Gasteiger partial charge in [0.05, 0.1) is 16.7 Å². The van der Waals surface area contributed by atoms with Crippen LogP contribution in [0.2, 0.25) is 0 Å². The number of nitrogens with zero attached hydrogens (tertiary/aromatic N) is 2. The van der Waals surface area contributed by atoms with Crippen molar-refractivity contribution in [3.8, 4) is 0 Å². The van der Waals surface area contributed by atoms with Gasteiger partial charge in [-0.1, -0.05) is 25.2 Å². The second-order valence-electron chi connectivity index (χ2n) is 5.40. The molecule has 0 aromatic carbocycles. The fourth-order valence-corrected chi connectivity index (χ4v) is 3.15. The smallest absolute Gasteiger partial charge is 0.186 e. The topological polar surface area (TPSA) is 36.4 Å². The Hall–Kier alpha value is -0.610. The molecule has 1 aromatic heterocycles. The van der Waals surface area contributed by atoms with Crippen molar-refractivity contribution in [3.63, 3.8) is 0 Å². The minimum Gasteiger partial charge on any atom is -0.388 e. The Morgan fingerprint density at radius 2 is 2.06 bits per heavy atom. The molecule has 0 spiro atoms. The number of aliphatic hydroxyl groups excluding tert-OH is 1. The standard InChI is InChI=1S/C13H22N2OS/c1-8(2)7-15(11-5-6-11)13-14-9(3)12(17-13)10(4)16/h8,10-11,16H,5-7H2,1-4H3. The molecule has 0 bridgehead atoms. The van der Waals surface area contributed by atoms with Crippen molar-refractivity contribution in [2.24, 2.45) is 5.92 Å². The van der Waals surface area contributed by atoms with Crippen LogP contribution in [0.5, 0.6) is 0 Å². The van der Waals surface area contributed by atoms with Crippen LogP contribution < -0.4 is 4.90 Å². The Bertz CT molecular complexity index is 383. The molecule has 17 heavy (non-hydrogen) atoms. The van der Waals surface area contributed by atoms with Crippen LogP contribution in [-0.2, 0) is 0 Å². The second kappa shape index (κ2) is 4.94. The molecule has 1 aromatic rings. The van der Waals surface area contributed by atoms with Crippen molar-refractivity contribution < 1.29 is 5.11 Å². The molecule has 1 aliphatic rings. The maximum atomic E-state index is 9.69. The lowest BCUT2D eigenvalue weighted by atomic mass is 10.2. The van der Waals surface area contributed by atoms with Crippen molar-refractivity contribution >= 4 is 16.5 Å². The van der Waals surface area contributed by atoms with Gasteiger partial charge in [0, 0.05) is 12.6 Å². The third-order valence-corrected chi connectivity index (χ3v) is 4.36. The number of hydrogen-bond acceptors (Lipinski definition) is 4. The van der Waals surface area contributed by atoms with E-state index in [1.807, 2.05) is 13.8 Å². The summed E-state index contributed by atoms with van der Waals surface area (Å²) in [6, 6.07) is 0.685. The summed E-state index contributed by atoms with van der Waals surface area (Å²) in [7, 11) is 0. The largest absolute Gasteiger partial charge is 0.388 e. The maximum absolute atomic E-state index is 9.69. The van der Waals surface area contributed by atoms with Gasteiger partial charge in [-0.2, -0.15) is 0 Å². The average molecular weight is 254 g/mol. The number of aromatic nitrogens is 1. The Balaban J connectivity index is 2.20. The van der Waals surface area contributed by atoms with Crippen molar-refractivity contribution in [3.05, 3.63) is 10.6 Å². The van der Waals surface area contributed by atoms with Gasteiger partial charge in [-0.25, -0.2) is 4.98 Å². The molecule has 0 saturated heterocycles. The molecule has 2 rings (SSSR count). The monoisotopic (exact) mass is 254 g/mol. The van der Waals surface area contributed by atoms with Crippen LogP contribution >= 0.6 is 11.3 Å². The molecule has 0 aliphatic heterocycles. The molecule has 1 aliphatic carbocycles. The summed E-state index contributed by atoms with van der Waals surface area (Å²) in [5, 5.41) is 10.8. The zero-order chi connectivity index (χ0) is 12.6. The van der Waals surface area contributed by atoms with E-state index in [-0.39, 0.29) is 0 Å². The summed E-state index contributed by atoms with van der Waals surface area (Å²) >= 11 is 1.65. The third kappa shape index (κ3) is 2.99. The quantitative estimate of drug-likeness (QED) is 0.877. The van der Waals surface area contributed by atoms with Crippen molar-refractivity contribution in [1.29, 1.82) is 0 Å². The van der Waals surface area contributed by atoms with Gasteiger partial charge in [0.15, 0.2) is 5.13 Å². The average Bonchev–Trinajstić information content (AvgIpc) is 2.97. The minimum absolute atomic E-state index is 0.402. The molecule has 4 heteroatoms. The van der Waals surface area contributed by atoms with Gasteiger partial charge < -0.3 is 10.0 Å². The van der Waals surface area contributed by atoms with Crippen molar-refractivity contribution in [2.75, 3.05) is 11.4 Å². The zero-order valence-corrected chi connectivity index (χ0v) is 11.9. The molecule has 1 unspecified atom stereocenters. The lowest BCUT2D eigenvalue weighted by molar-refractivity contribution is 0.202. The van der Waals surface area contributed by atoms with Crippen LogP contribution in [0, 0.1) is 12.8 Å². The van der Waals surface area contributed by atoms with E-state index in [1.54, 1.807) is 11.3 Å². The summed E-state index contributed by atoms with van der Waals surface area (Å²) < 4.78 is 0. The summed E-state index contributed by atoms with van der Waals surface area (Å²) in [5.74, 6) is 0.648. The van der Waals surface area contributed by atoms with E-state index in [0.29, 0.717) is 12.0 Å². The number of aryl methyl sites for hydroxylation is 1. The van der Waals surface area contributed by atoms with Gasteiger partial charge >= 0.3 is 0 Å². The molecule has 1 atom stereocenters. The Labute approximate surface area is 107 Å². The number of anilines is 1. The predicted molar refractivity (Wildman–Crippen MR) is 72.7 cm³/mol. The van der Waals surface area contributed by atoms with Gasteiger partial charge in [-0.3, -0.25) is 0 Å². The van der Waals surface area contributed by atoms with Gasteiger partial charge in [-0.15, -0.1) is 0 Å². The molecular weight excluding hydrogens is 232 g/mol. The highest BCUT2D eigenvalue weighted by molar-refractivity contribution is 7.15. The molecular formula is C13H22N2OS. The SMILES string of the molecule is Cc1nc(N(CC(C)C)C2CC2)sc1C(C)O. The first-order chi connectivity index (χ1) is 7.99. The van der Waals surface area contributed by atoms with E-state index < -0.39 is 6.10 Å². The summed E-state index contributed by atoms with van der Waals surface area (Å²) in [5.41, 5.74) is 0.981. The number of rotatable bonds is 5. The first-order valence-electron chi connectivity index (χ1n) is 6.41. The Kier molecular flexibility index (Phi) is 3.73. The highest BCUT2D eigenvalue weighted by atomic mass is 32.1. The second-order valence-corrected chi connectivity index (χ2v) is 6.41. The summed E-state index contributed by atoms with van der Waals surface area (Å²) in [6.07, 6.45) is 2.17. The third-order valence-electron chi connectivity index (χ3n) is 3.00. The lowest BCUT2D eigenvalue weighted by Crippen LogP contribution is -2.29. The molecule has 0 radical (unpaired) electrons. The molecule has 1 saturated carbocycles. The van der Waals surface area contributed by atoms with Crippen LogP contribution in [0.1, 0.15) is 50.3 Å². The molecule has 1 heterocycles. The minimum atomic E-state index is -0.402. The Morgan fingerprint density at radius 3 is 2.47 bits per heavy atom. The number of hydrogen-bond donors (Lipinski definition) is 1. The van der Waals surface area contributed by atoms with Gasteiger partial charge in [0.2, 0.25) is 0 Å². The van der Waals surface area contributed by atoms with Crippen LogP contribution in [0.15, 0.2) is 0 Å². The van der Waals surface area contributed by atoms with Gasteiger partial charge in [0.25, 0.3) is 0 Å². The van der Waals surface area contributed by atoms with E-state index in [2.05, 4.69) is 23.7 Å². The van der Waals surface area contributed by atoms with Crippen LogP contribution in [0.3, 0.4) is 0 Å². The predicted octanol–water partition coefficient (Wildman–Crippen LogP) is 3.13. The normalized spacial score (nSPS) is 17.5. The molecule has 1 fully saturated rings. The summed E-state index contributed by atoms with van der Waals surface area (Å²) in [4.78, 5) is 8.06. The molecule has 1 N–H and O–H groups in total. The first-order valence-corrected chi connectivity index (χ1v) is 7.22. The van der Waals surface area contributed by atoms with E-state index in [4.69, 9.17) is 0 Å². The zero-order valence-electron chi connectivity index (χ0n) is 11.1. The van der Waals surface area contributed by atoms with E-state index in [0.717, 1.165) is 22.2 Å². The fraction of sp³-hybridized carbons (Fsp3) is 0.769. The molecule has 96 valence electrons. The summed E-state index contributed by atoms with van der Waals surface area (Å²) in [6.45, 7) is 9.35. The fourth-order valence-electron chi connectivity index (χ4n) is 2.07. The Morgan fingerprint density at radius 1 is 1.41 bits per heavy atom. The van der Waals surface area contributed by atoms with Crippen molar-refractivity contribution in [2.45, 2.75) is 52.7 Å². The highest BCUT2D eigenvalue weighted by Gasteiger charge is 2.31. The lowest BCUT2D eigenvalue weighted by Gasteiger charge is -2.23. The van der Waals surface area contributed by atoms with Gasteiger partial charge in [0.1, 0.15) is 0 Å². The van der Waals surface area contributed by atoms with Crippen molar-refractivity contribution in [1.82, 2.24) is 4.98 Å². The maximum Gasteiger partial charge on any atom is 0.186 e. The van der Waals surface area contributed by atoms with E-state index >= 15 is 0 Å². The van der Waals surface area contributed by atoms with Gasteiger partial charge in [-0.05, 0) is 32.6 Å². The first kappa shape index (κ1) is 12.8. The molecule has 0 amide bonds. The van der Waals surface area contributed by atoms with Crippen LogP contribution in [0.25, 0.3) is 0 Å². The number of thiazole rings is 1. The van der Waals surface area contributed by atoms with Crippen LogP contribution in [-0.4, -0.2) is 22.7 Å². The van der Waals surface area contributed by atoms with Crippen LogP contribution in [0.4, 0.5) is 5.13 Å². The van der Waals surface area contributed by atoms with E-state index in [9.17, 15) is 5.11 Å². The van der Waals surface area contributed by atoms with E-state index in [1.165, 1.54) is 12.8 Å². The number of aliphatic hydroxyl groups is 1. The highest BCUT2D eigenvalue weighted by Crippen LogP contribution is 2.37. The molecule has 3 nitrogen and oxygen atoms in total.